The van der Waals surface area contributed by atoms with E-state index in [0.29, 0.717) is 37.6 Å². The highest BCUT2D eigenvalue weighted by atomic mass is 32.2. The van der Waals surface area contributed by atoms with Crippen molar-refractivity contribution in [2.45, 2.75) is 18.4 Å². The van der Waals surface area contributed by atoms with Crippen LogP contribution < -0.4 is 4.74 Å². The Morgan fingerprint density at radius 3 is 2.17 bits per heavy atom. The third-order valence-electron chi connectivity index (χ3n) is 5.27. The summed E-state index contributed by atoms with van der Waals surface area (Å²) in [6.45, 7) is 4.29. The molecule has 8 heteroatoms. The summed E-state index contributed by atoms with van der Waals surface area (Å²) in [6, 6.07) is 14.6. The molecule has 0 radical (unpaired) electrons. The van der Waals surface area contributed by atoms with Crippen molar-refractivity contribution in [3.05, 3.63) is 59.7 Å². The molecule has 0 atom stereocenters. The summed E-state index contributed by atoms with van der Waals surface area (Å²) in [5, 5.41) is 0. The van der Waals surface area contributed by atoms with Crippen LogP contribution in [0.5, 0.6) is 5.75 Å². The molecule has 1 heterocycles. The molecule has 0 aliphatic carbocycles. The topological polar surface area (TPSA) is 70.2 Å². The number of carbonyl (C=O) groups excluding carboxylic acids is 1. The van der Waals surface area contributed by atoms with Crippen LogP contribution in [0, 0.1) is 6.92 Å². The van der Waals surface area contributed by atoms with Crippen LogP contribution in [-0.2, 0) is 21.4 Å². The number of aryl methyl sites for hydroxylation is 1. The maximum atomic E-state index is 12.8. The van der Waals surface area contributed by atoms with Gasteiger partial charge < -0.3 is 9.64 Å². The van der Waals surface area contributed by atoms with Gasteiger partial charge in [0.25, 0.3) is 0 Å². The van der Waals surface area contributed by atoms with E-state index >= 15 is 0 Å². The summed E-state index contributed by atoms with van der Waals surface area (Å²) in [5.74, 6) is 0.814. The number of rotatable bonds is 7. The van der Waals surface area contributed by atoms with Crippen molar-refractivity contribution in [2.24, 2.45) is 0 Å². The largest absolute Gasteiger partial charge is 0.497 e. The molecule has 0 spiro atoms. The Morgan fingerprint density at radius 2 is 1.60 bits per heavy atom. The molecule has 1 amide bonds. The number of hydrogen-bond acceptors (Lipinski definition) is 5. The summed E-state index contributed by atoms with van der Waals surface area (Å²) in [4.78, 5) is 16.7. The van der Waals surface area contributed by atoms with Crippen molar-refractivity contribution < 1.29 is 17.9 Å². The third-order valence-corrected chi connectivity index (χ3v) is 7.18. The summed E-state index contributed by atoms with van der Waals surface area (Å²) < 4.78 is 32.2. The number of ether oxygens (including phenoxy) is 1. The van der Waals surface area contributed by atoms with E-state index in [1.165, 1.54) is 4.31 Å². The van der Waals surface area contributed by atoms with Crippen molar-refractivity contribution in [2.75, 3.05) is 46.9 Å². The van der Waals surface area contributed by atoms with Crippen LogP contribution in [0.2, 0.25) is 0 Å². The van der Waals surface area contributed by atoms with E-state index in [2.05, 4.69) is 0 Å². The number of nitrogens with zero attached hydrogens (tertiary/aromatic N) is 3. The molecule has 162 valence electrons. The van der Waals surface area contributed by atoms with E-state index in [9.17, 15) is 13.2 Å². The van der Waals surface area contributed by atoms with Crippen molar-refractivity contribution in [1.29, 1.82) is 0 Å². The minimum atomic E-state index is -3.52. The number of piperazine rings is 1. The van der Waals surface area contributed by atoms with E-state index in [-0.39, 0.29) is 12.5 Å². The Hall–Kier alpha value is -2.42. The van der Waals surface area contributed by atoms with Gasteiger partial charge in [-0.2, -0.15) is 4.31 Å². The van der Waals surface area contributed by atoms with Crippen molar-refractivity contribution in [1.82, 2.24) is 14.1 Å². The van der Waals surface area contributed by atoms with Crippen LogP contribution in [0.4, 0.5) is 0 Å². The molecule has 2 aromatic rings. The molecule has 0 saturated carbocycles. The van der Waals surface area contributed by atoms with E-state index in [4.69, 9.17) is 4.74 Å². The summed E-state index contributed by atoms with van der Waals surface area (Å²) in [7, 11) is 0.0108. The Bertz CT molecular complexity index is 951. The molecule has 0 N–H and O–H groups in total. The smallest absolute Gasteiger partial charge is 0.243 e. The lowest BCUT2D eigenvalue weighted by atomic mass is 10.2. The lowest BCUT2D eigenvalue weighted by Gasteiger charge is -2.34. The highest BCUT2D eigenvalue weighted by Gasteiger charge is 2.30. The zero-order chi connectivity index (χ0) is 21.7. The van der Waals surface area contributed by atoms with Crippen molar-refractivity contribution in [3.63, 3.8) is 0 Å². The molecular weight excluding hydrogens is 402 g/mol. The summed E-state index contributed by atoms with van der Waals surface area (Å²) in [6.07, 6.45) is 0. The quantitative estimate of drug-likeness (QED) is 0.670. The molecule has 1 aliphatic rings. The molecule has 1 saturated heterocycles. The predicted molar refractivity (Wildman–Crippen MR) is 116 cm³/mol. The van der Waals surface area contributed by atoms with E-state index < -0.39 is 10.0 Å². The first-order valence-corrected chi connectivity index (χ1v) is 11.4. The maximum absolute atomic E-state index is 12.8. The first-order valence-electron chi connectivity index (χ1n) is 9.95. The molecule has 1 aliphatic heterocycles. The minimum absolute atomic E-state index is 0.0124. The first-order chi connectivity index (χ1) is 14.3. The fourth-order valence-electron chi connectivity index (χ4n) is 3.47. The summed E-state index contributed by atoms with van der Waals surface area (Å²) in [5.41, 5.74) is 2.11. The normalized spacial score (nSPS) is 15.4. The second-order valence-electron chi connectivity index (χ2n) is 7.62. The molecule has 2 aromatic carbocycles. The van der Waals surface area contributed by atoms with Gasteiger partial charge in [-0.3, -0.25) is 9.69 Å². The van der Waals surface area contributed by atoms with Crippen molar-refractivity contribution >= 4 is 15.9 Å². The Labute approximate surface area is 178 Å². The van der Waals surface area contributed by atoms with Gasteiger partial charge in [-0.1, -0.05) is 29.8 Å². The standard InChI is InChI=1S/C22H29N3O4S/c1-18-4-10-21(11-5-18)30(27,28)25-14-12-24(13-15-25)22(26)17-23(2)16-19-6-8-20(29-3)9-7-19/h4-11H,12-17H2,1-3H3. The van der Waals surface area contributed by atoms with Crippen LogP contribution in [0.25, 0.3) is 0 Å². The van der Waals surface area contributed by atoms with Crippen LogP contribution in [0.3, 0.4) is 0 Å². The van der Waals surface area contributed by atoms with Gasteiger partial charge in [-0.15, -0.1) is 0 Å². The van der Waals surface area contributed by atoms with Gasteiger partial charge in [0.15, 0.2) is 0 Å². The van der Waals surface area contributed by atoms with Gasteiger partial charge in [-0.05, 0) is 43.8 Å². The highest BCUT2D eigenvalue weighted by molar-refractivity contribution is 7.89. The zero-order valence-corrected chi connectivity index (χ0v) is 18.6. The van der Waals surface area contributed by atoms with Crippen LogP contribution >= 0.6 is 0 Å². The van der Waals surface area contributed by atoms with Gasteiger partial charge >= 0.3 is 0 Å². The first kappa shape index (κ1) is 22.3. The molecule has 3 rings (SSSR count). The molecule has 0 aromatic heterocycles. The molecular formula is C22H29N3O4S. The maximum Gasteiger partial charge on any atom is 0.243 e. The molecule has 0 unspecified atom stereocenters. The van der Waals surface area contributed by atoms with Gasteiger partial charge in [-0.25, -0.2) is 8.42 Å². The molecule has 30 heavy (non-hydrogen) atoms. The number of sulfonamides is 1. The molecule has 1 fully saturated rings. The number of benzene rings is 2. The van der Waals surface area contributed by atoms with E-state index in [1.54, 1.807) is 36.3 Å². The van der Waals surface area contributed by atoms with Crippen LogP contribution in [0.1, 0.15) is 11.1 Å². The second-order valence-corrected chi connectivity index (χ2v) is 9.56. The second kappa shape index (κ2) is 9.59. The fourth-order valence-corrected chi connectivity index (χ4v) is 4.89. The molecule has 7 nitrogen and oxygen atoms in total. The number of carbonyl (C=O) groups is 1. The van der Waals surface area contributed by atoms with Crippen molar-refractivity contribution in [3.8, 4) is 5.75 Å². The number of methoxy groups -OCH3 is 1. The average Bonchev–Trinajstić information content (AvgIpc) is 2.74. The van der Waals surface area contributed by atoms with E-state index in [1.807, 2.05) is 43.1 Å². The Kier molecular flexibility index (Phi) is 7.12. The van der Waals surface area contributed by atoms with Gasteiger partial charge in [0.2, 0.25) is 15.9 Å². The van der Waals surface area contributed by atoms with Gasteiger partial charge in [0, 0.05) is 32.7 Å². The fraction of sp³-hybridized carbons (Fsp3) is 0.409. The zero-order valence-electron chi connectivity index (χ0n) is 17.7. The Balaban J connectivity index is 1.51. The van der Waals surface area contributed by atoms with E-state index in [0.717, 1.165) is 16.9 Å². The lowest BCUT2D eigenvalue weighted by Crippen LogP contribution is -2.52. The van der Waals surface area contributed by atoms with Gasteiger partial charge in [0.1, 0.15) is 5.75 Å². The highest BCUT2D eigenvalue weighted by Crippen LogP contribution is 2.18. The lowest BCUT2D eigenvalue weighted by molar-refractivity contribution is -0.133. The minimum Gasteiger partial charge on any atom is -0.497 e. The van der Waals surface area contributed by atoms with Crippen LogP contribution in [-0.4, -0.2) is 75.3 Å². The predicted octanol–water partition coefficient (Wildman–Crippen LogP) is 1.97. The Morgan fingerprint density at radius 1 is 1.00 bits per heavy atom. The monoisotopic (exact) mass is 431 g/mol. The SMILES string of the molecule is COc1ccc(CN(C)CC(=O)N2CCN(S(=O)(=O)c3ccc(C)cc3)CC2)cc1. The summed E-state index contributed by atoms with van der Waals surface area (Å²) >= 11 is 0. The third kappa shape index (κ3) is 5.38. The average molecular weight is 432 g/mol. The van der Waals surface area contributed by atoms with Crippen LogP contribution in [0.15, 0.2) is 53.4 Å². The molecule has 0 bridgehead atoms. The number of likely N-dealkylation sites (N-methyl/N-ethyl adjacent to an activating group) is 1. The van der Waals surface area contributed by atoms with Gasteiger partial charge in [0.05, 0.1) is 18.6 Å². The number of amides is 1. The number of hydrogen-bond donors (Lipinski definition) is 0.